The van der Waals surface area contributed by atoms with Gasteiger partial charge in [-0.05, 0) is 63.0 Å². The van der Waals surface area contributed by atoms with Crippen LogP contribution in [0.4, 0.5) is 0 Å². The Morgan fingerprint density at radius 2 is 1.96 bits per heavy atom. The highest BCUT2D eigenvalue weighted by Crippen LogP contribution is 2.28. The van der Waals surface area contributed by atoms with Crippen molar-refractivity contribution < 1.29 is 14.6 Å². The number of benzene rings is 1. The van der Waals surface area contributed by atoms with Gasteiger partial charge in [-0.1, -0.05) is 17.7 Å². The lowest BCUT2D eigenvalue weighted by Gasteiger charge is -2.31. The molecule has 134 valence electrons. The van der Waals surface area contributed by atoms with Crippen LogP contribution >= 0.6 is 11.6 Å². The lowest BCUT2D eigenvalue weighted by Crippen LogP contribution is -2.41. The van der Waals surface area contributed by atoms with Gasteiger partial charge in [-0.2, -0.15) is 0 Å². The van der Waals surface area contributed by atoms with E-state index in [2.05, 4.69) is 11.0 Å². The number of hydrogen-bond acceptors (Lipinski definition) is 4. The second-order valence-electron chi connectivity index (χ2n) is 7.04. The van der Waals surface area contributed by atoms with Gasteiger partial charge < -0.3 is 19.5 Å². The maximum absolute atomic E-state index is 10.4. The lowest BCUT2D eigenvalue weighted by atomic mass is 9.96. The predicted molar refractivity (Wildman–Crippen MR) is 95.9 cm³/mol. The van der Waals surface area contributed by atoms with Crippen LogP contribution in [0.15, 0.2) is 18.2 Å². The molecule has 0 saturated carbocycles. The van der Waals surface area contributed by atoms with Crippen molar-refractivity contribution in [1.82, 2.24) is 4.90 Å². The first kappa shape index (κ1) is 18.0. The molecule has 5 heteroatoms. The van der Waals surface area contributed by atoms with Gasteiger partial charge in [0.25, 0.3) is 0 Å². The zero-order chi connectivity index (χ0) is 16.8. The van der Waals surface area contributed by atoms with Crippen LogP contribution in [-0.4, -0.2) is 55.1 Å². The quantitative estimate of drug-likeness (QED) is 0.816. The molecule has 0 radical (unpaired) electrons. The zero-order valence-corrected chi connectivity index (χ0v) is 15.1. The molecule has 2 aliphatic rings. The van der Waals surface area contributed by atoms with Gasteiger partial charge in [-0.25, -0.2) is 0 Å². The summed E-state index contributed by atoms with van der Waals surface area (Å²) in [5.74, 6) is 0.653. The van der Waals surface area contributed by atoms with Gasteiger partial charge in [0.2, 0.25) is 0 Å². The molecule has 1 aromatic carbocycles. The first-order valence-corrected chi connectivity index (χ1v) is 9.46. The molecule has 0 unspecified atom stereocenters. The molecule has 1 N–H and O–H groups in total. The number of halogens is 1. The largest absolute Gasteiger partial charge is 0.489 e. The first-order valence-electron chi connectivity index (χ1n) is 9.08. The van der Waals surface area contributed by atoms with Crippen molar-refractivity contribution in [2.75, 3.05) is 39.5 Å². The van der Waals surface area contributed by atoms with E-state index in [-0.39, 0.29) is 6.61 Å². The van der Waals surface area contributed by atoms with Crippen LogP contribution in [0.5, 0.6) is 5.75 Å². The Hall–Kier alpha value is -0.810. The molecule has 0 aromatic heterocycles. The number of hydrogen-bond donors (Lipinski definition) is 1. The third-order valence-corrected chi connectivity index (χ3v) is 5.35. The Kier molecular flexibility index (Phi) is 6.39. The third-order valence-electron chi connectivity index (χ3n) is 5.05. The van der Waals surface area contributed by atoms with Crippen LogP contribution in [0.25, 0.3) is 0 Å². The molecule has 4 nitrogen and oxygen atoms in total. The van der Waals surface area contributed by atoms with Crippen molar-refractivity contribution in [3.8, 4) is 5.75 Å². The van der Waals surface area contributed by atoms with Crippen LogP contribution in [-0.2, 0) is 11.2 Å². The van der Waals surface area contributed by atoms with Gasteiger partial charge in [-0.15, -0.1) is 0 Å². The van der Waals surface area contributed by atoms with Gasteiger partial charge in [0.05, 0.1) is 5.02 Å². The fourth-order valence-corrected chi connectivity index (χ4v) is 3.70. The number of nitrogens with zero attached hydrogens (tertiary/aromatic N) is 1. The van der Waals surface area contributed by atoms with Crippen LogP contribution in [0.2, 0.25) is 5.02 Å². The minimum Gasteiger partial charge on any atom is -0.489 e. The fraction of sp³-hybridized carbons (Fsp3) is 0.684. The highest BCUT2D eigenvalue weighted by molar-refractivity contribution is 6.32. The predicted octanol–water partition coefficient (Wildman–Crippen LogP) is 3.29. The second kappa shape index (κ2) is 8.52. The Balaban J connectivity index is 1.46. The molecule has 0 atom stereocenters. The number of ether oxygens (including phenoxy) is 2. The van der Waals surface area contributed by atoms with E-state index in [1.165, 1.54) is 38.0 Å². The smallest absolute Gasteiger partial charge is 0.138 e. The molecular weight excluding hydrogens is 326 g/mol. The minimum absolute atomic E-state index is 0.268. The van der Waals surface area contributed by atoms with Crippen molar-refractivity contribution in [3.05, 3.63) is 28.8 Å². The van der Waals surface area contributed by atoms with Gasteiger partial charge >= 0.3 is 0 Å². The fourth-order valence-electron chi connectivity index (χ4n) is 3.44. The van der Waals surface area contributed by atoms with E-state index in [1.54, 1.807) is 0 Å². The molecule has 2 fully saturated rings. The molecule has 2 saturated heterocycles. The van der Waals surface area contributed by atoms with E-state index in [0.717, 1.165) is 12.8 Å². The maximum atomic E-state index is 10.4. The molecule has 3 rings (SSSR count). The second-order valence-corrected chi connectivity index (χ2v) is 7.45. The first-order chi connectivity index (χ1) is 11.6. The number of likely N-dealkylation sites (tertiary alicyclic amines) is 1. The van der Waals surface area contributed by atoms with Crippen LogP contribution < -0.4 is 4.74 Å². The highest BCUT2D eigenvalue weighted by Gasteiger charge is 2.30. The van der Waals surface area contributed by atoms with E-state index in [4.69, 9.17) is 21.1 Å². The SMILES string of the molecule is OC1(COc2ccc(CCCN3CCCC3)cc2Cl)CCOCC1. The Morgan fingerprint density at radius 1 is 1.21 bits per heavy atom. The number of aryl methyl sites for hydroxylation is 1. The zero-order valence-electron chi connectivity index (χ0n) is 14.3. The maximum Gasteiger partial charge on any atom is 0.138 e. The van der Waals surface area contributed by atoms with Gasteiger partial charge in [0.1, 0.15) is 18.0 Å². The van der Waals surface area contributed by atoms with Crippen molar-refractivity contribution in [2.24, 2.45) is 0 Å². The highest BCUT2D eigenvalue weighted by atomic mass is 35.5. The summed E-state index contributed by atoms with van der Waals surface area (Å²) in [5.41, 5.74) is 0.451. The lowest BCUT2D eigenvalue weighted by molar-refractivity contribution is -0.0855. The summed E-state index contributed by atoms with van der Waals surface area (Å²) in [4.78, 5) is 2.54. The average Bonchev–Trinajstić information content (AvgIpc) is 3.08. The van der Waals surface area contributed by atoms with Crippen LogP contribution in [0.3, 0.4) is 0 Å². The molecule has 1 aromatic rings. The van der Waals surface area contributed by atoms with Crippen LogP contribution in [0.1, 0.15) is 37.7 Å². The summed E-state index contributed by atoms with van der Waals surface area (Å²) in [5, 5.41) is 11.1. The van der Waals surface area contributed by atoms with E-state index < -0.39 is 5.60 Å². The summed E-state index contributed by atoms with van der Waals surface area (Å²) >= 11 is 6.36. The molecule has 0 amide bonds. The number of rotatable bonds is 7. The molecule has 0 bridgehead atoms. The molecule has 24 heavy (non-hydrogen) atoms. The topological polar surface area (TPSA) is 41.9 Å². The standard InChI is InChI=1S/C19H28ClNO3/c20-17-14-16(4-3-11-21-9-1-2-10-21)5-6-18(17)24-15-19(22)7-12-23-13-8-19/h5-6,14,22H,1-4,7-13,15H2. The minimum atomic E-state index is -0.796. The Morgan fingerprint density at radius 3 is 2.67 bits per heavy atom. The van der Waals surface area contributed by atoms with Crippen molar-refractivity contribution in [2.45, 2.75) is 44.1 Å². The van der Waals surface area contributed by atoms with Crippen molar-refractivity contribution in [3.63, 3.8) is 0 Å². The molecule has 2 heterocycles. The van der Waals surface area contributed by atoms with Crippen molar-refractivity contribution in [1.29, 1.82) is 0 Å². The number of aliphatic hydroxyl groups is 1. The average molecular weight is 354 g/mol. The Bertz CT molecular complexity index is 525. The molecule has 0 aliphatic carbocycles. The summed E-state index contributed by atoms with van der Waals surface area (Å²) in [6, 6.07) is 6.00. The van der Waals surface area contributed by atoms with E-state index in [9.17, 15) is 5.11 Å². The summed E-state index contributed by atoms with van der Waals surface area (Å²) < 4.78 is 11.1. The van der Waals surface area contributed by atoms with Crippen LogP contribution in [0, 0.1) is 0 Å². The van der Waals surface area contributed by atoms with Crippen molar-refractivity contribution >= 4 is 11.6 Å². The third kappa shape index (κ3) is 5.09. The van der Waals surface area contributed by atoms with Gasteiger partial charge in [0.15, 0.2) is 0 Å². The summed E-state index contributed by atoms with van der Waals surface area (Å²) in [7, 11) is 0. The molecule has 2 aliphatic heterocycles. The summed E-state index contributed by atoms with van der Waals surface area (Å²) in [6.45, 7) is 5.12. The molecular formula is C19H28ClNO3. The van der Waals surface area contributed by atoms with E-state index in [0.29, 0.717) is 36.8 Å². The summed E-state index contributed by atoms with van der Waals surface area (Å²) in [6.07, 6.45) is 6.11. The monoisotopic (exact) mass is 353 g/mol. The van der Waals surface area contributed by atoms with E-state index >= 15 is 0 Å². The van der Waals surface area contributed by atoms with E-state index in [1.807, 2.05) is 12.1 Å². The Labute approximate surface area is 149 Å². The van der Waals surface area contributed by atoms with Gasteiger partial charge in [-0.3, -0.25) is 0 Å². The molecule has 0 spiro atoms. The normalized spacial score (nSPS) is 21.1. The van der Waals surface area contributed by atoms with Gasteiger partial charge in [0, 0.05) is 26.1 Å².